The quantitative estimate of drug-likeness (QED) is 0.671. The summed E-state index contributed by atoms with van der Waals surface area (Å²) in [4.78, 5) is 1.61. The van der Waals surface area contributed by atoms with Crippen molar-refractivity contribution in [2.75, 3.05) is 20.2 Å². The van der Waals surface area contributed by atoms with E-state index in [1.165, 1.54) is 17.5 Å². The summed E-state index contributed by atoms with van der Waals surface area (Å²) in [6.07, 6.45) is 2.70. The van der Waals surface area contributed by atoms with Gasteiger partial charge in [-0.1, -0.05) is 41.4 Å². The Kier molecular flexibility index (Phi) is 6.14. The number of nitrogens with zero attached hydrogens (tertiary/aromatic N) is 3. The van der Waals surface area contributed by atoms with Gasteiger partial charge < -0.3 is 9.64 Å². The SMILES string of the molecule is COc1ccc(Cl)cc1S(=O)(=O)N(Cc1cccc(C)c1)C1CCN(C#N)C1. The fraction of sp³-hybridized carbons (Fsp3) is 0.350. The van der Waals surface area contributed by atoms with Crippen LogP contribution in [-0.2, 0) is 16.6 Å². The molecule has 28 heavy (non-hydrogen) atoms. The van der Waals surface area contributed by atoms with Crippen LogP contribution < -0.4 is 4.74 Å². The normalized spacial score (nSPS) is 17.0. The largest absolute Gasteiger partial charge is 0.495 e. The molecule has 3 rings (SSSR count). The van der Waals surface area contributed by atoms with Gasteiger partial charge in [-0.15, -0.1) is 0 Å². The van der Waals surface area contributed by atoms with Crippen LogP contribution in [-0.4, -0.2) is 43.9 Å². The van der Waals surface area contributed by atoms with E-state index in [9.17, 15) is 13.7 Å². The highest BCUT2D eigenvalue weighted by Crippen LogP contribution is 2.33. The molecule has 0 N–H and O–H groups in total. The van der Waals surface area contributed by atoms with Gasteiger partial charge in [0.2, 0.25) is 10.0 Å². The second kappa shape index (κ2) is 8.39. The first kappa shape index (κ1) is 20.5. The van der Waals surface area contributed by atoms with Crippen LogP contribution in [0.3, 0.4) is 0 Å². The summed E-state index contributed by atoms with van der Waals surface area (Å²) in [5, 5.41) is 9.52. The van der Waals surface area contributed by atoms with E-state index in [2.05, 4.69) is 6.19 Å². The summed E-state index contributed by atoms with van der Waals surface area (Å²) in [5.41, 5.74) is 1.94. The van der Waals surface area contributed by atoms with Crippen molar-refractivity contribution in [2.24, 2.45) is 0 Å². The minimum absolute atomic E-state index is 0.0329. The van der Waals surface area contributed by atoms with E-state index in [0.29, 0.717) is 24.5 Å². The van der Waals surface area contributed by atoms with Gasteiger partial charge in [-0.25, -0.2) is 8.42 Å². The topological polar surface area (TPSA) is 73.6 Å². The number of halogens is 1. The van der Waals surface area contributed by atoms with E-state index in [4.69, 9.17) is 16.3 Å². The second-order valence-electron chi connectivity index (χ2n) is 6.82. The van der Waals surface area contributed by atoms with Crippen molar-refractivity contribution in [1.82, 2.24) is 9.21 Å². The van der Waals surface area contributed by atoms with Gasteiger partial charge >= 0.3 is 0 Å². The summed E-state index contributed by atoms with van der Waals surface area (Å²) in [7, 11) is -2.47. The Morgan fingerprint density at radius 2 is 2.11 bits per heavy atom. The number of hydrogen-bond acceptors (Lipinski definition) is 5. The van der Waals surface area contributed by atoms with Crippen LogP contribution in [0.4, 0.5) is 0 Å². The maximum atomic E-state index is 13.6. The molecule has 0 amide bonds. The molecule has 0 radical (unpaired) electrons. The third-order valence-corrected chi connectivity index (χ3v) is 7.00. The van der Waals surface area contributed by atoms with Crippen molar-refractivity contribution >= 4 is 21.6 Å². The zero-order valence-electron chi connectivity index (χ0n) is 15.8. The Balaban J connectivity index is 2.05. The first-order chi connectivity index (χ1) is 13.3. The van der Waals surface area contributed by atoms with Crippen LogP contribution in [0.25, 0.3) is 0 Å². The Bertz CT molecular complexity index is 1000. The molecule has 148 valence electrons. The van der Waals surface area contributed by atoms with Crippen molar-refractivity contribution in [3.05, 3.63) is 58.6 Å². The van der Waals surface area contributed by atoms with E-state index in [1.807, 2.05) is 31.2 Å². The summed E-state index contributed by atoms with van der Waals surface area (Å²) >= 11 is 6.08. The third kappa shape index (κ3) is 4.25. The number of methoxy groups -OCH3 is 1. The lowest BCUT2D eigenvalue weighted by Crippen LogP contribution is -2.41. The van der Waals surface area contributed by atoms with Crippen LogP contribution in [0.2, 0.25) is 5.02 Å². The van der Waals surface area contributed by atoms with Crippen LogP contribution in [0, 0.1) is 18.4 Å². The monoisotopic (exact) mass is 419 g/mol. The van der Waals surface area contributed by atoms with Gasteiger partial charge in [0.05, 0.1) is 7.11 Å². The average molecular weight is 420 g/mol. The maximum Gasteiger partial charge on any atom is 0.247 e. The lowest BCUT2D eigenvalue weighted by atomic mass is 10.1. The number of hydrogen-bond donors (Lipinski definition) is 0. The lowest BCUT2D eigenvalue weighted by Gasteiger charge is -2.28. The van der Waals surface area contributed by atoms with Crippen molar-refractivity contribution in [2.45, 2.75) is 30.8 Å². The van der Waals surface area contributed by atoms with Crippen molar-refractivity contribution in [3.8, 4) is 11.9 Å². The minimum Gasteiger partial charge on any atom is -0.495 e. The predicted octanol–water partition coefficient (Wildman–Crippen LogP) is 3.40. The van der Waals surface area contributed by atoms with Gasteiger partial charge in [0, 0.05) is 30.7 Å². The van der Waals surface area contributed by atoms with E-state index >= 15 is 0 Å². The predicted molar refractivity (Wildman–Crippen MR) is 108 cm³/mol. The molecule has 1 atom stereocenters. The second-order valence-corrected chi connectivity index (χ2v) is 9.12. The molecule has 1 fully saturated rings. The van der Waals surface area contributed by atoms with Gasteiger partial charge in [-0.2, -0.15) is 9.57 Å². The first-order valence-corrected chi connectivity index (χ1v) is 10.7. The summed E-state index contributed by atoms with van der Waals surface area (Å²) in [6, 6.07) is 12.0. The lowest BCUT2D eigenvalue weighted by molar-refractivity contribution is 0.312. The fourth-order valence-electron chi connectivity index (χ4n) is 3.45. The number of rotatable bonds is 6. The molecule has 1 saturated heterocycles. The Morgan fingerprint density at radius 3 is 2.75 bits per heavy atom. The molecule has 1 unspecified atom stereocenters. The highest BCUT2D eigenvalue weighted by atomic mass is 35.5. The van der Waals surface area contributed by atoms with Crippen molar-refractivity contribution in [3.63, 3.8) is 0 Å². The van der Waals surface area contributed by atoms with Gasteiger partial charge in [0.25, 0.3) is 0 Å². The Labute approximate surface area is 170 Å². The number of nitriles is 1. The Hall–Kier alpha value is -2.27. The molecule has 0 bridgehead atoms. The third-order valence-electron chi connectivity index (χ3n) is 4.85. The molecular weight excluding hydrogens is 398 g/mol. The minimum atomic E-state index is -3.90. The highest BCUT2D eigenvalue weighted by Gasteiger charge is 2.37. The van der Waals surface area contributed by atoms with E-state index in [-0.39, 0.29) is 23.2 Å². The van der Waals surface area contributed by atoms with Gasteiger partial charge in [0.1, 0.15) is 10.6 Å². The number of benzene rings is 2. The fourth-order valence-corrected chi connectivity index (χ4v) is 5.50. The zero-order valence-corrected chi connectivity index (χ0v) is 17.4. The Morgan fingerprint density at radius 1 is 1.32 bits per heavy atom. The van der Waals surface area contributed by atoms with Crippen LogP contribution in [0.5, 0.6) is 5.75 Å². The van der Waals surface area contributed by atoms with Gasteiger partial charge in [-0.3, -0.25) is 0 Å². The smallest absolute Gasteiger partial charge is 0.247 e. The number of ether oxygens (including phenoxy) is 1. The summed E-state index contributed by atoms with van der Waals surface area (Å²) in [5.74, 6) is 0.244. The summed E-state index contributed by atoms with van der Waals surface area (Å²) < 4.78 is 34.0. The maximum absolute atomic E-state index is 13.6. The average Bonchev–Trinajstić information content (AvgIpc) is 3.14. The van der Waals surface area contributed by atoms with E-state index in [0.717, 1.165) is 11.1 Å². The molecule has 1 heterocycles. The van der Waals surface area contributed by atoms with Crippen LogP contribution in [0.15, 0.2) is 47.4 Å². The standard InChI is InChI=1S/C20H22ClN3O3S/c1-15-4-3-5-16(10-15)12-24(18-8-9-23(13-18)14-22)28(25,26)20-11-17(21)6-7-19(20)27-2/h3-7,10-11,18H,8-9,12-13H2,1-2H3. The molecule has 0 aromatic heterocycles. The molecule has 0 saturated carbocycles. The molecule has 0 spiro atoms. The number of likely N-dealkylation sites (tertiary alicyclic amines) is 1. The van der Waals surface area contributed by atoms with E-state index in [1.54, 1.807) is 17.0 Å². The molecule has 1 aliphatic rings. The molecule has 2 aromatic carbocycles. The summed E-state index contributed by atoms with van der Waals surface area (Å²) in [6.45, 7) is 3.08. The number of sulfonamides is 1. The van der Waals surface area contributed by atoms with Crippen molar-refractivity contribution < 1.29 is 13.2 Å². The van der Waals surface area contributed by atoms with Gasteiger partial charge in [0.15, 0.2) is 6.19 Å². The molecular formula is C20H22ClN3O3S. The molecule has 0 aliphatic carbocycles. The van der Waals surface area contributed by atoms with E-state index < -0.39 is 10.0 Å². The van der Waals surface area contributed by atoms with Crippen LogP contribution >= 0.6 is 11.6 Å². The first-order valence-electron chi connectivity index (χ1n) is 8.90. The molecule has 8 heteroatoms. The van der Waals surface area contributed by atoms with Crippen molar-refractivity contribution in [1.29, 1.82) is 5.26 Å². The molecule has 1 aliphatic heterocycles. The zero-order chi connectivity index (χ0) is 20.3. The molecule has 6 nitrogen and oxygen atoms in total. The number of aryl methyl sites for hydroxylation is 1. The van der Waals surface area contributed by atoms with Crippen LogP contribution in [0.1, 0.15) is 17.5 Å². The van der Waals surface area contributed by atoms with Gasteiger partial charge in [-0.05, 0) is 37.1 Å². The molecule has 2 aromatic rings. The highest BCUT2D eigenvalue weighted by molar-refractivity contribution is 7.89.